The maximum absolute atomic E-state index is 6.38. The fourth-order valence-corrected chi connectivity index (χ4v) is 3.59. The topological polar surface area (TPSA) is 24.5 Å². The molecule has 0 radical (unpaired) electrons. The van der Waals surface area contributed by atoms with E-state index in [1.54, 1.807) is 0 Å². The normalized spacial score (nSPS) is 30.6. The van der Waals surface area contributed by atoms with Crippen LogP contribution in [0.4, 0.5) is 0 Å². The minimum Gasteiger partial charge on any atom is -0.356 e. The molecule has 2 aliphatic rings. The van der Waals surface area contributed by atoms with E-state index in [9.17, 15) is 0 Å². The first-order valence-corrected chi connectivity index (χ1v) is 8.40. The maximum Gasteiger partial charge on any atom is 0.119 e. The van der Waals surface area contributed by atoms with Gasteiger partial charge in [-0.3, -0.25) is 4.90 Å². The zero-order valence-electron chi connectivity index (χ0n) is 13.2. The van der Waals surface area contributed by atoms with Crippen molar-refractivity contribution in [3.8, 4) is 0 Å². The van der Waals surface area contributed by atoms with Gasteiger partial charge in [-0.05, 0) is 57.2 Å². The van der Waals surface area contributed by atoms with Gasteiger partial charge in [0.25, 0.3) is 0 Å². The molecule has 1 aromatic rings. The Bertz CT molecular complexity index is 430. The number of benzene rings is 1. The van der Waals surface area contributed by atoms with Crippen LogP contribution in [0.3, 0.4) is 0 Å². The Morgan fingerprint density at radius 3 is 2.90 bits per heavy atom. The Kier molecular flexibility index (Phi) is 4.94. The first-order valence-electron chi connectivity index (χ1n) is 8.40. The third-order valence-electron chi connectivity index (χ3n) is 5.02. The summed E-state index contributed by atoms with van der Waals surface area (Å²) in [7, 11) is 0. The Labute approximate surface area is 128 Å². The molecule has 2 saturated heterocycles. The van der Waals surface area contributed by atoms with Crippen molar-refractivity contribution in [2.24, 2.45) is 5.92 Å². The third kappa shape index (κ3) is 3.85. The number of ether oxygens (including phenoxy) is 1. The van der Waals surface area contributed by atoms with E-state index in [0.29, 0.717) is 0 Å². The van der Waals surface area contributed by atoms with Crippen LogP contribution in [0.25, 0.3) is 0 Å². The summed E-state index contributed by atoms with van der Waals surface area (Å²) in [6.45, 7) is 7.72. The molecule has 0 bridgehead atoms. The van der Waals surface area contributed by atoms with Crippen molar-refractivity contribution in [2.75, 3.05) is 26.2 Å². The van der Waals surface area contributed by atoms with Crippen LogP contribution in [0.2, 0.25) is 0 Å². The lowest BCUT2D eigenvalue weighted by atomic mass is 9.97. The van der Waals surface area contributed by atoms with E-state index < -0.39 is 0 Å². The Morgan fingerprint density at radius 2 is 2.14 bits per heavy atom. The van der Waals surface area contributed by atoms with Crippen molar-refractivity contribution in [3.63, 3.8) is 0 Å². The van der Waals surface area contributed by atoms with Gasteiger partial charge in [-0.15, -0.1) is 0 Å². The molecule has 3 heteroatoms. The van der Waals surface area contributed by atoms with Crippen LogP contribution >= 0.6 is 0 Å². The quantitative estimate of drug-likeness (QED) is 0.901. The molecule has 2 atom stereocenters. The van der Waals surface area contributed by atoms with Crippen LogP contribution in [0.5, 0.6) is 0 Å². The summed E-state index contributed by atoms with van der Waals surface area (Å²) < 4.78 is 6.38. The van der Waals surface area contributed by atoms with Crippen LogP contribution in [-0.4, -0.2) is 36.8 Å². The first-order chi connectivity index (χ1) is 10.3. The first kappa shape index (κ1) is 15.0. The molecule has 3 nitrogen and oxygen atoms in total. The van der Waals surface area contributed by atoms with Gasteiger partial charge in [0.05, 0.1) is 6.61 Å². The van der Waals surface area contributed by atoms with Crippen molar-refractivity contribution >= 4 is 0 Å². The Morgan fingerprint density at radius 1 is 1.29 bits per heavy atom. The number of hydrogen-bond acceptors (Lipinski definition) is 3. The molecule has 2 heterocycles. The summed E-state index contributed by atoms with van der Waals surface area (Å²) in [5.41, 5.74) is 1.18. The third-order valence-corrected chi connectivity index (χ3v) is 5.02. The van der Waals surface area contributed by atoms with Gasteiger partial charge >= 0.3 is 0 Å². The minimum atomic E-state index is -0.0866. The monoisotopic (exact) mass is 288 g/mol. The summed E-state index contributed by atoms with van der Waals surface area (Å²) in [6.07, 6.45) is 5.06. The zero-order valence-corrected chi connectivity index (χ0v) is 13.2. The fourth-order valence-electron chi connectivity index (χ4n) is 3.59. The van der Waals surface area contributed by atoms with Gasteiger partial charge < -0.3 is 10.1 Å². The van der Waals surface area contributed by atoms with Crippen LogP contribution in [0, 0.1) is 5.92 Å². The van der Waals surface area contributed by atoms with Gasteiger partial charge in [0.15, 0.2) is 0 Å². The molecule has 2 fully saturated rings. The molecule has 0 saturated carbocycles. The van der Waals surface area contributed by atoms with Crippen LogP contribution in [-0.2, 0) is 11.3 Å². The van der Waals surface area contributed by atoms with Crippen molar-refractivity contribution in [1.29, 1.82) is 0 Å². The second-order valence-electron chi connectivity index (χ2n) is 6.71. The SMILES string of the molecule is CC1(OCc2ccccc2)CCCCN1C[C@H]1CCNC1. The lowest BCUT2D eigenvalue weighted by molar-refractivity contribution is -0.174. The second-order valence-corrected chi connectivity index (χ2v) is 6.71. The van der Waals surface area contributed by atoms with E-state index in [2.05, 4.69) is 47.5 Å². The molecule has 0 amide bonds. The summed E-state index contributed by atoms with van der Waals surface area (Å²) in [5, 5.41) is 3.48. The predicted octanol–water partition coefficient (Wildman–Crippen LogP) is 3.01. The minimum absolute atomic E-state index is 0.0866. The molecule has 2 aliphatic heterocycles. The van der Waals surface area contributed by atoms with E-state index in [4.69, 9.17) is 4.74 Å². The van der Waals surface area contributed by atoms with Crippen LogP contribution < -0.4 is 5.32 Å². The number of likely N-dealkylation sites (tertiary alicyclic amines) is 1. The van der Waals surface area contributed by atoms with Gasteiger partial charge in [-0.2, -0.15) is 0 Å². The zero-order chi connectivity index (χ0) is 14.5. The second kappa shape index (κ2) is 6.91. The summed E-state index contributed by atoms with van der Waals surface area (Å²) in [4.78, 5) is 2.59. The standard InChI is InChI=1S/C18H28N2O/c1-18(21-15-16-7-3-2-4-8-16)10-5-6-12-20(18)14-17-9-11-19-13-17/h2-4,7-8,17,19H,5-6,9-15H2,1H3/t17-,18?/m0/s1. The molecule has 0 aromatic heterocycles. The van der Waals surface area contributed by atoms with Gasteiger partial charge in [-0.25, -0.2) is 0 Å². The average Bonchev–Trinajstić information content (AvgIpc) is 3.02. The molecule has 116 valence electrons. The Hall–Kier alpha value is -0.900. The number of hydrogen-bond donors (Lipinski definition) is 1. The van der Waals surface area contributed by atoms with Crippen molar-refractivity contribution < 1.29 is 4.74 Å². The molecule has 1 N–H and O–H groups in total. The van der Waals surface area contributed by atoms with E-state index in [1.807, 2.05) is 0 Å². The summed E-state index contributed by atoms with van der Waals surface area (Å²) in [5.74, 6) is 0.794. The lowest BCUT2D eigenvalue weighted by Gasteiger charge is -2.45. The highest BCUT2D eigenvalue weighted by Crippen LogP contribution is 2.31. The molecular formula is C18H28N2O. The molecule has 1 aromatic carbocycles. The van der Waals surface area contributed by atoms with Gasteiger partial charge in [0, 0.05) is 13.1 Å². The van der Waals surface area contributed by atoms with Crippen LogP contribution in [0.1, 0.15) is 38.2 Å². The molecule has 0 spiro atoms. The van der Waals surface area contributed by atoms with Crippen molar-refractivity contribution in [2.45, 2.75) is 44.9 Å². The van der Waals surface area contributed by atoms with Gasteiger partial charge in [-0.1, -0.05) is 30.3 Å². The summed E-state index contributed by atoms with van der Waals surface area (Å²) in [6, 6.07) is 10.5. The predicted molar refractivity (Wildman–Crippen MR) is 86.0 cm³/mol. The van der Waals surface area contributed by atoms with E-state index in [-0.39, 0.29) is 5.72 Å². The van der Waals surface area contributed by atoms with Gasteiger partial charge in [0.1, 0.15) is 5.72 Å². The van der Waals surface area contributed by atoms with E-state index in [1.165, 1.54) is 51.0 Å². The van der Waals surface area contributed by atoms with Crippen molar-refractivity contribution in [3.05, 3.63) is 35.9 Å². The number of nitrogens with one attached hydrogen (secondary N) is 1. The fraction of sp³-hybridized carbons (Fsp3) is 0.667. The highest BCUT2D eigenvalue weighted by atomic mass is 16.5. The smallest absolute Gasteiger partial charge is 0.119 e. The highest BCUT2D eigenvalue weighted by molar-refractivity contribution is 5.13. The van der Waals surface area contributed by atoms with Crippen LogP contribution in [0.15, 0.2) is 30.3 Å². The lowest BCUT2D eigenvalue weighted by Crippen LogP contribution is -2.53. The number of rotatable bonds is 5. The molecular weight excluding hydrogens is 260 g/mol. The summed E-state index contributed by atoms with van der Waals surface area (Å²) >= 11 is 0. The largest absolute Gasteiger partial charge is 0.356 e. The van der Waals surface area contributed by atoms with Crippen molar-refractivity contribution in [1.82, 2.24) is 10.2 Å². The molecule has 3 rings (SSSR count). The van der Waals surface area contributed by atoms with Gasteiger partial charge in [0.2, 0.25) is 0 Å². The highest BCUT2D eigenvalue weighted by Gasteiger charge is 2.36. The Balaban J connectivity index is 1.60. The van der Waals surface area contributed by atoms with E-state index in [0.717, 1.165) is 18.9 Å². The molecule has 0 aliphatic carbocycles. The number of nitrogens with zero attached hydrogens (tertiary/aromatic N) is 1. The molecule has 1 unspecified atom stereocenters. The maximum atomic E-state index is 6.38. The molecule has 21 heavy (non-hydrogen) atoms. The number of piperidine rings is 1. The van der Waals surface area contributed by atoms with E-state index >= 15 is 0 Å². The average molecular weight is 288 g/mol.